The zero-order valence-corrected chi connectivity index (χ0v) is 14.7. The number of nitro benzene ring substituents is 1. The molecule has 1 saturated heterocycles. The molecule has 1 saturated carbocycles. The van der Waals surface area contributed by atoms with Crippen LogP contribution in [0.2, 0.25) is 0 Å². The van der Waals surface area contributed by atoms with Crippen LogP contribution in [-0.4, -0.2) is 41.5 Å². The Morgan fingerprint density at radius 2 is 2.00 bits per heavy atom. The summed E-state index contributed by atoms with van der Waals surface area (Å²) in [4.78, 5) is 36.5. The minimum absolute atomic E-state index is 0.0424. The van der Waals surface area contributed by atoms with Crippen molar-refractivity contribution in [2.75, 3.05) is 24.5 Å². The molecule has 0 radical (unpaired) electrons. The van der Waals surface area contributed by atoms with Gasteiger partial charge in [0.05, 0.1) is 10.3 Å². The number of carbonyl (C=O) groups is 2. The number of amides is 1. The maximum Gasteiger partial charge on any atom is 0.311 e. The maximum absolute atomic E-state index is 12.3. The van der Waals surface area contributed by atoms with Crippen LogP contribution in [0.1, 0.15) is 43.0 Å². The quantitative estimate of drug-likeness (QED) is 0.594. The molecule has 2 aliphatic rings. The predicted octanol–water partition coefficient (Wildman–Crippen LogP) is 2.43. The van der Waals surface area contributed by atoms with Crippen LogP contribution in [0.3, 0.4) is 0 Å². The minimum Gasteiger partial charge on any atom is -0.481 e. The van der Waals surface area contributed by atoms with Crippen molar-refractivity contribution in [3.05, 3.63) is 33.9 Å². The standard InChI is InChI=1S/C18H23N3O5/c1-12-4-8-20(9-5-12)14-3-2-13(10-15(14)21(25)26)16(22)19-11-18(6-7-18)17(23)24/h2-3,10,12H,4-9,11H2,1H3,(H,19,22)(H,23,24). The van der Waals surface area contributed by atoms with Crippen LogP contribution < -0.4 is 10.2 Å². The summed E-state index contributed by atoms with van der Waals surface area (Å²) in [5.74, 6) is -0.794. The van der Waals surface area contributed by atoms with E-state index in [4.69, 9.17) is 5.11 Å². The van der Waals surface area contributed by atoms with E-state index in [-0.39, 0.29) is 17.8 Å². The first-order valence-corrected chi connectivity index (χ1v) is 8.87. The van der Waals surface area contributed by atoms with Crippen molar-refractivity contribution in [3.63, 3.8) is 0 Å². The van der Waals surface area contributed by atoms with Crippen molar-refractivity contribution in [2.24, 2.45) is 11.3 Å². The molecule has 26 heavy (non-hydrogen) atoms. The third-order valence-corrected chi connectivity index (χ3v) is 5.45. The number of hydrogen-bond acceptors (Lipinski definition) is 5. The second-order valence-corrected chi connectivity index (χ2v) is 7.40. The van der Waals surface area contributed by atoms with Gasteiger partial charge in [-0.25, -0.2) is 0 Å². The summed E-state index contributed by atoms with van der Waals surface area (Å²) in [5, 5.41) is 23.2. The smallest absolute Gasteiger partial charge is 0.311 e. The molecule has 2 N–H and O–H groups in total. The fourth-order valence-corrected chi connectivity index (χ4v) is 3.30. The van der Waals surface area contributed by atoms with Gasteiger partial charge in [-0.1, -0.05) is 6.92 Å². The Bertz CT molecular complexity index is 736. The van der Waals surface area contributed by atoms with E-state index in [2.05, 4.69) is 12.2 Å². The molecule has 1 aromatic carbocycles. The lowest BCUT2D eigenvalue weighted by molar-refractivity contribution is -0.384. The summed E-state index contributed by atoms with van der Waals surface area (Å²) >= 11 is 0. The van der Waals surface area contributed by atoms with Gasteiger partial charge in [0.15, 0.2) is 0 Å². The Morgan fingerprint density at radius 1 is 1.35 bits per heavy atom. The fourth-order valence-electron chi connectivity index (χ4n) is 3.30. The lowest BCUT2D eigenvalue weighted by Gasteiger charge is -2.31. The molecule has 0 unspecified atom stereocenters. The molecule has 0 aromatic heterocycles. The molecule has 0 atom stereocenters. The van der Waals surface area contributed by atoms with E-state index in [0.717, 1.165) is 25.9 Å². The first-order valence-electron chi connectivity index (χ1n) is 8.87. The van der Waals surface area contributed by atoms with Gasteiger partial charge in [0.25, 0.3) is 11.6 Å². The largest absolute Gasteiger partial charge is 0.481 e. The summed E-state index contributed by atoms with van der Waals surface area (Å²) in [5.41, 5.74) is -0.257. The Hall–Kier alpha value is -2.64. The number of carboxylic acids is 1. The molecular formula is C18H23N3O5. The summed E-state index contributed by atoms with van der Waals surface area (Å²) in [6, 6.07) is 4.46. The van der Waals surface area contributed by atoms with Gasteiger partial charge in [-0.2, -0.15) is 0 Å². The second kappa shape index (κ2) is 6.93. The maximum atomic E-state index is 12.3. The third-order valence-electron chi connectivity index (χ3n) is 5.45. The van der Waals surface area contributed by atoms with Gasteiger partial charge >= 0.3 is 5.97 Å². The number of aliphatic carboxylic acids is 1. The Balaban J connectivity index is 1.74. The van der Waals surface area contributed by atoms with E-state index in [0.29, 0.717) is 24.4 Å². The summed E-state index contributed by atoms with van der Waals surface area (Å²) in [7, 11) is 0. The highest BCUT2D eigenvalue weighted by molar-refractivity contribution is 5.96. The zero-order valence-electron chi connectivity index (χ0n) is 14.7. The number of carbonyl (C=O) groups excluding carboxylic acids is 1. The molecule has 1 amide bonds. The molecule has 1 aliphatic carbocycles. The van der Waals surface area contributed by atoms with Crippen LogP contribution in [0.4, 0.5) is 11.4 Å². The number of nitrogens with zero attached hydrogens (tertiary/aromatic N) is 2. The van der Waals surface area contributed by atoms with Gasteiger partial charge < -0.3 is 15.3 Å². The molecule has 1 aromatic rings. The van der Waals surface area contributed by atoms with Gasteiger partial charge in [0, 0.05) is 31.3 Å². The molecular weight excluding hydrogens is 338 g/mol. The minimum atomic E-state index is -0.918. The van der Waals surface area contributed by atoms with Crippen molar-refractivity contribution in [1.82, 2.24) is 5.32 Å². The Morgan fingerprint density at radius 3 is 2.54 bits per heavy atom. The average molecular weight is 361 g/mol. The fraction of sp³-hybridized carbons (Fsp3) is 0.556. The van der Waals surface area contributed by atoms with Gasteiger partial charge in [0.1, 0.15) is 5.69 Å². The molecule has 1 aliphatic heterocycles. The van der Waals surface area contributed by atoms with Gasteiger partial charge in [-0.3, -0.25) is 19.7 Å². The van der Waals surface area contributed by atoms with E-state index >= 15 is 0 Å². The van der Waals surface area contributed by atoms with E-state index in [1.54, 1.807) is 12.1 Å². The highest BCUT2D eigenvalue weighted by atomic mass is 16.6. The number of nitro groups is 1. The highest BCUT2D eigenvalue weighted by Crippen LogP contribution is 2.45. The number of hydrogen-bond donors (Lipinski definition) is 2. The number of piperidine rings is 1. The molecule has 3 rings (SSSR count). The van der Waals surface area contributed by atoms with E-state index in [1.807, 2.05) is 4.90 Å². The molecule has 140 valence electrons. The average Bonchev–Trinajstić information content (AvgIpc) is 3.41. The van der Waals surface area contributed by atoms with Crippen LogP contribution in [0.5, 0.6) is 0 Å². The molecule has 0 spiro atoms. The van der Waals surface area contributed by atoms with Crippen molar-refractivity contribution >= 4 is 23.3 Å². The number of rotatable bonds is 6. The van der Waals surface area contributed by atoms with Crippen molar-refractivity contribution in [2.45, 2.75) is 32.6 Å². The molecule has 2 fully saturated rings. The van der Waals surface area contributed by atoms with Crippen LogP contribution in [0, 0.1) is 21.4 Å². The van der Waals surface area contributed by atoms with Gasteiger partial charge in [0.2, 0.25) is 0 Å². The first kappa shape index (κ1) is 18.2. The van der Waals surface area contributed by atoms with Crippen LogP contribution in [0.25, 0.3) is 0 Å². The van der Waals surface area contributed by atoms with E-state index < -0.39 is 22.2 Å². The lowest BCUT2D eigenvalue weighted by atomic mass is 9.98. The molecule has 0 bridgehead atoms. The highest BCUT2D eigenvalue weighted by Gasteiger charge is 2.50. The van der Waals surface area contributed by atoms with Crippen molar-refractivity contribution < 1.29 is 19.6 Å². The van der Waals surface area contributed by atoms with Gasteiger partial charge in [-0.15, -0.1) is 0 Å². The van der Waals surface area contributed by atoms with Crippen LogP contribution in [-0.2, 0) is 4.79 Å². The second-order valence-electron chi connectivity index (χ2n) is 7.40. The zero-order chi connectivity index (χ0) is 18.9. The number of anilines is 1. The monoisotopic (exact) mass is 361 g/mol. The van der Waals surface area contributed by atoms with Crippen LogP contribution >= 0.6 is 0 Å². The van der Waals surface area contributed by atoms with E-state index in [9.17, 15) is 19.7 Å². The first-order chi connectivity index (χ1) is 12.3. The predicted molar refractivity (Wildman–Crippen MR) is 95.3 cm³/mol. The van der Waals surface area contributed by atoms with Crippen molar-refractivity contribution in [1.29, 1.82) is 0 Å². The van der Waals surface area contributed by atoms with E-state index in [1.165, 1.54) is 6.07 Å². The third kappa shape index (κ3) is 3.63. The SMILES string of the molecule is CC1CCN(c2ccc(C(=O)NCC3(C(=O)O)CC3)cc2[N+](=O)[O-])CC1. The normalized spacial score (nSPS) is 19.0. The topological polar surface area (TPSA) is 113 Å². The Kier molecular flexibility index (Phi) is 4.84. The summed E-state index contributed by atoms with van der Waals surface area (Å²) in [6.45, 7) is 3.73. The number of carboxylic acid groups (broad SMARTS) is 1. The lowest BCUT2D eigenvalue weighted by Crippen LogP contribution is -2.34. The molecule has 1 heterocycles. The van der Waals surface area contributed by atoms with Crippen molar-refractivity contribution in [3.8, 4) is 0 Å². The summed E-state index contributed by atoms with van der Waals surface area (Å²) in [6.07, 6.45) is 3.04. The summed E-state index contributed by atoms with van der Waals surface area (Å²) < 4.78 is 0. The number of benzene rings is 1. The Labute approximate surface area is 151 Å². The van der Waals surface area contributed by atoms with Crippen LogP contribution in [0.15, 0.2) is 18.2 Å². The number of nitrogens with one attached hydrogen (secondary N) is 1. The van der Waals surface area contributed by atoms with Gasteiger partial charge in [-0.05, 0) is 43.7 Å². The molecule has 8 nitrogen and oxygen atoms in total. The molecule has 8 heteroatoms.